The molecule has 0 bridgehead atoms. The van der Waals surface area contributed by atoms with Crippen LogP contribution in [0.2, 0.25) is 0 Å². The zero-order valence-corrected chi connectivity index (χ0v) is 8.94. The van der Waals surface area contributed by atoms with Crippen molar-refractivity contribution in [1.82, 2.24) is 4.98 Å². The second kappa shape index (κ2) is 4.81. The molecule has 0 amide bonds. The Morgan fingerprint density at radius 1 is 1.69 bits per heavy atom. The number of nitriles is 1. The van der Waals surface area contributed by atoms with Crippen molar-refractivity contribution >= 4 is 11.5 Å². The van der Waals surface area contributed by atoms with E-state index in [1.165, 1.54) is 0 Å². The van der Waals surface area contributed by atoms with E-state index in [0.717, 1.165) is 26.2 Å². The highest BCUT2D eigenvalue weighted by atomic mass is 16.5. The first kappa shape index (κ1) is 10.7. The molecule has 0 saturated carbocycles. The van der Waals surface area contributed by atoms with E-state index >= 15 is 0 Å². The summed E-state index contributed by atoms with van der Waals surface area (Å²) in [6, 6.07) is 3.70. The Hall–Kier alpha value is -1.80. The molecule has 1 aromatic heterocycles. The molecule has 0 aromatic carbocycles. The Labute approximate surface area is 94.2 Å². The molecule has 1 aromatic rings. The molecule has 0 aliphatic carbocycles. The molecule has 1 unspecified atom stereocenters. The fraction of sp³-hybridized carbons (Fsp3) is 0.455. The number of ether oxygens (including phenoxy) is 1. The van der Waals surface area contributed by atoms with Crippen LogP contribution >= 0.6 is 0 Å². The number of aromatic nitrogens is 1. The normalized spacial score (nSPS) is 19.3. The minimum absolute atomic E-state index is 0.485. The lowest BCUT2D eigenvalue weighted by atomic mass is 10.1. The second-order valence-electron chi connectivity index (χ2n) is 3.89. The van der Waals surface area contributed by atoms with Gasteiger partial charge in [-0.1, -0.05) is 0 Å². The maximum absolute atomic E-state index is 8.92. The lowest BCUT2D eigenvalue weighted by Gasteiger charge is -2.11. The van der Waals surface area contributed by atoms with Crippen LogP contribution in [-0.2, 0) is 4.74 Å². The highest BCUT2D eigenvalue weighted by molar-refractivity contribution is 5.57. The van der Waals surface area contributed by atoms with Gasteiger partial charge < -0.3 is 15.8 Å². The second-order valence-corrected chi connectivity index (χ2v) is 3.89. The smallest absolute Gasteiger partial charge is 0.144 e. The number of nitrogens with two attached hydrogens (primary N) is 1. The lowest BCUT2D eigenvalue weighted by molar-refractivity contribution is 0.187. The molecular weight excluding hydrogens is 204 g/mol. The summed E-state index contributed by atoms with van der Waals surface area (Å²) in [5.41, 5.74) is 6.55. The standard InChI is InChI=1S/C11H14N4O/c12-4-9-3-10(13)6-15-11(9)14-5-8-1-2-16-7-8/h3,6,8H,1-2,5,7,13H2,(H,14,15). The summed E-state index contributed by atoms with van der Waals surface area (Å²) >= 11 is 0. The first-order valence-corrected chi connectivity index (χ1v) is 5.27. The number of anilines is 2. The van der Waals surface area contributed by atoms with Gasteiger partial charge in [0.15, 0.2) is 0 Å². The van der Waals surface area contributed by atoms with Gasteiger partial charge >= 0.3 is 0 Å². The van der Waals surface area contributed by atoms with Crippen LogP contribution in [0.5, 0.6) is 0 Å². The van der Waals surface area contributed by atoms with Crippen molar-refractivity contribution in [3.05, 3.63) is 17.8 Å². The van der Waals surface area contributed by atoms with E-state index in [4.69, 9.17) is 15.7 Å². The topological polar surface area (TPSA) is 84.0 Å². The predicted molar refractivity (Wildman–Crippen MR) is 60.8 cm³/mol. The van der Waals surface area contributed by atoms with E-state index in [2.05, 4.69) is 16.4 Å². The molecule has 2 heterocycles. The number of nitrogen functional groups attached to an aromatic ring is 1. The summed E-state index contributed by atoms with van der Waals surface area (Å²) in [7, 11) is 0. The minimum atomic E-state index is 0.485. The van der Waals surface area contributed by atoms with Crippen LogP contribution in [0.1, 0.15) is 12.0 Å². The van der Waals surface area contributed by atoms with E-state index in [0.29, 0.717) is 23.0 Å². The first-order valence-electron chi connectivity index (χ1n) is 5.27. The van der Waals surface area contributed by atoms with Crippen LogP contribution in [0.25, 0.3) is 0 Å². The monoisotopic (exact) mass is 218 g/mol. The maximum atomic E-state index is 8.92. The summed E-state index contributed by atoms with van der Waals surface area (Å²) < 4.78 is 5.28. The van der Waals surface area contributed by atoms with Gasteiger partial charge in [0.1, 0.15) is 11.9 Å². The van der Waals surface area contributed by atoms with Gasteiger partial charge in [-0.25, -0.2) is 4.98 Å². The third kappa shape index (κ3) is 2.41. The van der Waals surface area contributed by atoms with E-state index < -0.39 is 0 Å². The van der Waals surface area contributed by atoms with Crippen molar-refractivity contribution in [1.29, 1.82) is 5.26 Å². The van der Waals surface area contributed by atoms with E-state index in [9.17, 15) is 0 Å². The quantitative estimate of drug-likeness (QED) is 0.790. The molecular formula is C11H14N4O. The zero-order valence-electron chi connectivity index (χ0n) is 8.94. The fourth-order valence-electron chi connectivity index (χ4n) is 1.69. The van der Waals surface area contributed by atoms with Crippen LogP contribution in [-0.4, -0.2) is 24.7 Å². The van der Waals surface area contributed by atoms with Crippen molar-refractivity contribution in [2.75, 3.05) is 30.8 Å². The van der Waals surface area contributed by atoms with Gasteiger partial charge in [0.25, 0.3) is 0 Å². The van der Waals surface area contributed by atoms with Crippen molar-refractivity contribution in [2.24, 2.45) is 5.92 Å². The maximum Gasteiger partial charge on any atom is 0.144 e. The van der Waals surface area contributed by atoms with Crippen LogP contribution in [0.4, 0.5) is 11.5 Å². The van der Waals surface area contributed by atoms with Gasteiger partial charge in [-0.2, -0.15) is 5.26 Å². The predicted octanol–water partition coefficient (Wildman–Crippen LogP) is 0.984. The van der Waals surface area contributed by atoms with Crippen LogP contribution in [0.15, 0.2) is 12.3 Å². The SMILES string of the molecule is N#Cc1cc(N)cnc1NCC1CCOC1. The third-order valence-corrected chi connectivity index (χ3v) is 2.61. The highest BCUT2D eigenvalue weighted by Crippen LogP contribution is 2.17. The molecule has 0 spiro atoms. The average Bonchev–Trinajstić information content (AvgIpc) is 2.80. The molecule has 1 saturated heterocycles. The van der Waals surface area contributed by atoms with E-state index in [1.54, 1.807) is 12.3 Å². The number of nitrogens with one attached hydrogen (secondary N) is 1. The van der Waals surface area contributed by atoms with Crippen LogP contribution < -0.4 is 11.1 Å². The van der Waals surface area contributed by atoms with Crippen molar-refractivity contribution in [3.63, 3.8) is 0 Å². The zero-order chi connectivity index (χ0) is 11.4. The van der Waals surface area contributed by atoms with Gasteiger partial charge in [0, 0.05) is 19.1 Å². The molecule has 1 fully saturated rings. The number of nitrogens with zero attached hydrogens (tertiary/aromatic N) is 2. The summed E-state index contributed by atoms with van der Waals surface area (Å²) in [6.07, 6.45) is 2.61. The molecule has 0 radical (unpaired) electrons. The van der Waals surface area contributed by atoms with Gasteiger partial charge in [-0.05, 0) is 12.5 Å². The molecule has 5 heteroatoms. The average molecular weight is 218 g/mol. The number of hydrogen-bond acceptors (Lipinski definition) is 5. The molecule has 5 nitrogen and oxygen atoms in total. The minimum Gasteiger partial charge on any atom is -0.397 e. The van der Waals surface area contributed by atoms with Crippen molar-refractivity contribution in [3.8, 4) is 6.07 Å². The number of hydrogen-bond donors (Lipinski definition) is 2. The third-order valence-electron chi connectivity index (χ3n) is 2.61. The Balaban J connectivity index is 2.00. The van der Waals surface area contributed by atoms with Crippen LogP contribution in [0, 0.1) is 17.2 Å². The van der Waals surface area contributed by atoms with Gasteiger partial charge in [-0.15, -0.1) is 0 Å². The Morgan fingerprint density at radius 2 is 2.56 bits per heavy atom. The molecule has 16 heavy (non-hydrogen) atoms. The van der Waals surface area contributed by atoms with Gasteiger partial charge in [0.2, 0.25) is 0 Å². The van der Waals surface area contributed by atoms with Crippen molar-refractivity contribution in [2.45, 2.75) is 6.42 Å². The lowest BCUT2D eigenvalue weighted by Crippen LogP contribution is -2.15. The highest BCUT2D eigenvalue weighted by Gasteiger charge is 2.15. The Bertz CT molecular complexity index is 407. The molecule has 1 aliphatic rings. The molecule has 1 aliphatic heterocycles. The number of rotatable bonds is 3. The van der Waals surface area contributed by atoms with Crippen molar-refractivity contribution < 1.29 is 4.74 Å². The summed E-state index contributed by atoms with van der Waals surface area (Å²) in [6.45, 7) is 2.39. The van der Waals surface area contributed by atoms with Gasteiger partial charge in [0.05, 0.1) is 24.1 Å². The molecule has 84 valence electrons. The summed E-state index contributed by atoms with van der Waals surface area (Å²) in [4.78, 5) is 4.11. The first-order chi connectivity index (χ1) is 7.79. The van der Waals surface area contributed by atoms with Crippen LogP contribution in [0.3, 0.4) is 0 Å². The Morgan fingerprint density at radius 3 is 3.25 bits per heavy atom. The molecule has 3 N–H and O–H groups in total. The number of pyridine rings is 1. The summed E-state index contributed by atoms with van der Waals surface area (Å²) in [5, 5.41) is 12.1. The summed E-state index contributed by atoms with van der Waals surface area (Å²) in [5.74, 6) is 1.11. The Kier molecular flexibility index (Phi) is 3.22. The molecule has 2 rings (SSSR count). The molecule has 1 atom stereocenters. The van der Waals surface area contributed by atoms with E-state index in [-0.39, 0.29) is 0 Å². The van der Waals surface area contributed by atoms with Gasteiger partial charge in [-0.3, -0.25) is 0 Å². The van der Waals surface area contributed by atoms with E-state index in [1.807, 2.05) is 0 Å². The fourth-order valence-corrected chi connectivity index (χ4v) is 1.69. The largest absolute Gasteiger partial charge is 0.397 e.